The Morgan fingerprint density at radius 3 is 2.54 bits per heavy atom. The third kappa shape index (κ3) is 2.89. The standard InChI is InChI=1S/C16H12ClN7/c17-13-8-6-11(7-9-13)15-18-14(19-20-15)10-24-16(21-22-23-24)12-4-2-1-3-5-12/h1-9H,10H2,(H,18,19,20). The number of nitrogens with zero attached hydrogens (tertiary/aromatic N) is 6. The molecule has 4 aromatic rings. The quantitative estimate of drug-likeness (QED) is 0.619. The Morgan fingerprint density at radius 1 is 0.958 bits per heavy atom. The molecule has 0 radical (unpaired) electrons. The van der Waals surface area contributed by atoms with Gasteiger partial charge in [-0.1, -0.05) is 41.9 Å². The van der Waals surface area contributed by atoms with Crippen LogP contribution in [0.2, 0.25) is 5.02 Å². The fourth-order valence-electron chi connectivity index (χ4n) is 2.34. The summed E-state index contributed by atoms with van der Waals surface area (Å²) >= 11 is 5.90. The van der Waals surface area contributed by atoms with E-state index < -0.39 is 0 Å². The fraction of sp³-hybridized carbons (Fsp3) is 0.0625. The van der Waals surface area contributed by atoms with Crippen LogP contribution in [-0.4, -0.2) is 35.4 Å². The highest BCUT2D eigenvalue weighted by Gasteiger charge is 2.12. The Morgan fingerprint density at radius 2 is 1.75 bits per heavy atom. The van der Waals surface area contributed by atoms with Crippen LogP contribution in [-0.2, 0) is 6.54 Å². The molecule has 0 atom stereocenters. The van der Waals surface area contributed by atoms with Gasteiger partial charge < -0.3 is 0 Å². The fourth-order valence-corrected chi connectivity index (χ4v) is 2.47. The molecule has 0 amide bonds. The number of hydrogen-bond donors (Lipinski definition) is 1. The Hall–Kier alpha value is -3.06. The van der Waals surface area contributed by atoms with E-state index in [9.17, 15) is 0 Å². The minimum Gasteiger partial charge on any atom is -0.261 e. The third-order valence-corrected chi connectivity index (χ3v) is 3.75. The molecule has 8 heteroatoms. The van der Waals surface area contributed by atoms with Crippen LogP contribution in [0.15, 0.2) is 54.6 Å². The molecule has 0 unspecified atom stereocenters. The zero-order valence-corrected chi connectivity index (χ0v) is 13.2. The van der Waals surface area contributed by atoms with Crippen LogP contribution in [0.3, 0.4) is 0 Å². The van der Waals surface area contributed by atoms with Crippen molar-refractivity contribution in [2.45, 2.75) is 6.54 Å². The van der Waals surface area contributed by atoms with Gasteiger partial charge in [-0.15, -0.1) is 5.10 Å². The second kappa shape index (κ2) is 6.21. The van der Waals surface area contributed by atoms with Crippen LogP contribution < -0.4 is 0 Å². The molecule has 0 spiro atoms. The van der Waals surface area contributed by atoms with Gasteiger partial charge >= 0.3 is 0 Å². The molecular weight excluding hydrogens is 326 g/mol. The first-order valence-electron chi connectivity index (χ1n) is 7.28. The van der Waals surface area contributed by atoms with Gasteiger partial charge in [-0.05, 0) is 34.7 Å². The van der Waals surface area contributed by atoms with Gasteiger partial charge in [0.25, 0.3) is 0 Å². The lowest BCUT2D eigenvalue weighted by molar-refractivity contribution is 0.631. The topological polar surface area (TPSA) is 85.2 Å². The highest BCUT2D eigenvalue weighted by atomic mass is 35.5. The van der Waals surface area contributed by atoms with E-state index in [2.05, 4.69) is 30.7 Å². The van der Waals surface area contributed by atoms with Gasteiger partial charge in [0.15, 0.2) is 11.6 Å². The van der Waals surface area contributed by atoms with Crippen molar-refractivity contribution in [1.82, 2.24) is 35.4 Å². The molecule has 2 aromatic heterocycles. The van der Waals surface area contributed by atoms with Gasteiger partial charge in [0.05, 0.1) is 0 Å². The number of tetrazole rings is 1. The molecule has 7 nitrogen and oxygen atoms in total. The Kier molecular flexibility index (Phi) is 3.76. The molecule has 2 heterocycles. The molecule has 0 saturated carbocycles. The van der Waals surface area contributed by atoms with Gasteiger partial charge in [-0.3, -0.25) is 5.10 Å². The van der Waals surface area contributed by atoms with Gasteiger partial charge in [0, 0.05) is 16.1 Å². The smallest absolute Gasteiger partial charge is 0.182 e. The zero-order chi connectivity index (χ0) is 16.4. The predicted octanol–water partition coefficient (Wildman–Crippen LogP) is 2.83. The van der Waals surface area contributed by atoms with E-state index in [1.807, 2.05) is 54.6 Å². The van der Waals surface area contributed by atoms with Crippen LogP contribution >= 0.6 is 11.6 Å². The largest absolute Gasteiger partial charge is 0.261 e. The van der Waals surface area contributed by atoms with Crippen LogP contribution in [0.5, 0.6) is 0 Å². The van der Waals surface area contributed by atoms with Gasteiger partial charge in [-0.2, -0.15) is 5.10 Å². The highest BCUT2D eigenvalue weighted by Crippen LogP contribution is 2.19. The lowest BCUT2D eigenvalue weighted by Crippen LogP contribution is -2.06. The number of hydrogen-bond acceptors (Lipinski definition) is 5. The van der Waals surface area contributed by atoms with Crippen molar-refractivity contribution >= 4 is 11.6 Å². The molecule has 2 aromatic carbocycles. The summed E-state index contributed by atoms with van der Waals surface area (Å²) in [4.78, 5) is 4.49. The number of halogens is 1. The summed E-state index contributed by atoms with van der Waals surface area (Å²) in [6.45, 7) is 0.401. The number of aromatic nitrogens is 7. The highest BCUT2D eigenvalue weighted by molar-refractivity contribution is 6.30. The van der Waals surface area contributed by atoms with E-state index in [4.69, 9.17) is 11.6 Å². The van der Waals surface area contributed by atoms with Crippen LogP contribution in [0.25, 0.3) is 22.8 Å². The zero-order valence-electron chi connectivity index (χ0n) is 12.5. The molecular formula is C16H12ClN7. The molecule has 118 valence electrons. The van der Waals surface area contributed by atoms with Crippen LogP contribution in [0.1, 0.15) is 5.82 Å². The maximum Gasteiger partial charge on any atom is 0.182 e. The van der Waals surface area contributed by atoms with Crippen molar-refractivity contribution < 1.29 is 0 Å². The Bertz CT molecular complexity index is 944. The van der Waals surface area contributed by atoms with E-state index in [0.717, 1.165) is 11.1 Å². The molecule has 24 heavy (non-hydrogen) atoms. The first-order valence-corrected chi connectivity index (χ1v) is 7.66. The first-order chi connectivity index (χ1) is 11.8. The summed E-state index contributed by atoms with van der Waals surface area (Å²) in [6.07, 6.45) is 0. The average molecular weight is 338 g/mol. The van der Waals surface area contributed by atoms with E-state index in [1.165, 1.54) is 0 Å². The van der Waals surface area contributed by atoms with Gasteiger partial charge in [0.2, 0.25) is 0 Å². The van der Waals surface area contributed by atoms with Crippen molar-refractivity contribution in [1.29, 1.82) is 0 Å². The van der Waals surface area contributed by atoms with E-state index >= 15 is 0 Å². The van der Waals surface area contributed by atoms with Crippen molar-refractivity contribution in [2.75, 3.05) is 0 Å². The van der Waals surface area contributed by atoms with Gasteiger partial charge in [-0.25, -0.2) is 9.67 Å². The number of nitrogens with one attached hydrogen (secondary N) is 1. The van der Waals surface area contributed by atoms with Crippen LogP contribution in [0.4, 0.5) is 0 Å². The summed E-state index contributed by atoms with van der Waals surface area (Å²) in [7, 11) is 0. The Balaban J connectivity index is 1.59. The number of H-pyrrole nitrogens is 1. The molecule has 0 fully saturated rings. The SMILES string of the molecule is Clc1ccc(-c2n[nH]c(Cn3nnnc3-c3ccccc3)n2)cc1. The van der Waals surface area contributed by atoms with Crippen LogP contribution in [0, 0.1) is 0 Å². The number of aromatic amines is 1. The lowest BCUT2D eigenvalue weighted by atomic mass is 10.2. The summed E-state index contributed by atoms with van der Waals surface area (Å²) in [5, 5.41) is 19.7. The second-order valence-corrected chi connectivity index (χ2v) is 5.58. The Labute approximate surface area is 142 Å². The first kappa shape index (κ1) is 14.5. The normalized spacial score (nSPS) is 10.9. The predicted molar refractivity (Wildman–Crippen MR) is 89.2 cm³/mol. The number of rotatable bonds is 4. The molecule has 0 bridgehead atoms. The van der Waals surface area contributed by atoms with E-state index in [0.29, 0.717) is 29.0 Å². The molecule has 0 saturated heterocycles. The van der Waals surface area contributed by atoms with Crippen molar-refractivity contribution in [3.8, 4) is 22.8 Å². The minimum absolute atomic E-state index is 0.401. The number of benzene rings is 2. The minimum atomic E-state index is 0.401. The van der Waals surface area contributed by atoms with Crippen molar-refractivity contribution in [3.63, 3.8) is 0 Å². The molecule has 0 aliphatic rings. The summed E-state index contributed by atoms with van der Waals surface area (Å²) in [5.41, 5.74) is 1.84. The maximum absolute atomic E-state index is 5.90. The average Bonchev–Trinajstić information content (AvgIpc) is 3.26. The third-order valence-electron chi connectivity index (χ3n) is 3.50. The van der Waals surface area contributed by atoms with E-state index in [1.54, 1.807) is 4.68 Å². The van der Waals surface area contributed by atoms with E-state index in [-0.39, 0.29) is 0 Å². The summed E-state index contributed by atoms with van der Waals surface area (Å²) < 4.78 is 1.68. The molecule has 4 rings (SSSR count). The summed E-state index contributed by atoms with van der Waals surface area (Å²) in [6, 6.07) is 17.1. The molecule has 0 aliphatic carbocycles. The van der Waals surface area contributed by atoms with Crippen molar-refractivity contribution in [2.24, 2.45) is 0 Å². The lowest BCUT2D eigenvalue weighted by Gasteiger charge is -2.01. The maximum atomic E-state index is 5.90. The second-order valence-electron chi connectivity index (χ2n) is 5.14. The van der Waals surface area contributed by atoms with Gasteiger partial charge in [0.1, 0.15) is 12.4 Å². The molecule has 0 aliphatic heterocycles. The molecule has 1 N–H and O–H groups in total. The summed E-state index contributed by atoms with van der Waals surface area (Å²) in [5.74, 6) is 1.96. The van der Waals surface area contributed by atoms with Crippen molar-refractivity contribution in [3.05, 3.63) is 65.4 Å². The monoisotopic (exact) mass is 337 g/mol.